The summed E-state index contributed by atoms with van der Waals surface area (Å²) in [6.45, 7) is 5.16. The zero-order valence-corrected chi connectivity index (χ0v) is 20.6. The van der Waals surface area contributed by atoms with Crippen LogP contribution in [-0.2, 0) is 18.9 Å². The highest BCUT2D eigenvalue weighted by Crippen LogP contribution is 2.16. The summed E-state index contributed by atoms with van der Waals surface area (Å²) in [7, 11) is 4.03. The molecule has 0 aromatic rings. The van der Waals surface area contributed by atoms with Gasteiger partial charge in [-0.05, 0) is 65.5 Å². The minimum Gasteiger partial charge on any atom is -0.434 e. The summed E-state index contributed by atoms with van der Waals surface area (Å²) in [5.41, 5.74) is 0. The molecule has 0 spiro atoms. The maximum Gasteiger partial charge on any atom is 0.508 e. The summed E-state index contributed by atoms with van der Waals surface area (Å²) >= 11 is 0. The van der Waals surface area contributed by atoms with Gasteiger partial charge in [0, 0.05) is 19.8 Å². The van der Waals surface area contributed by atoms with Crippen LogP contribution in [0.25, 0.3) is 0 Å². The van der Waals surface area contributed by atoms with Crippen molar-refractivity contribution in [3.63, 3.8) is 0 Å². The van der Waals surface area contributed by atoms with Crippen LogP contribution >= 0.6 is 0 Å². The Labute approximate surface area is 191 Å². The SMILES string of the molecule is CCCC(CCCCCCCCCCOC1CCCCO1)OC(=O)OCCCN(C)C. The molecule has 2 atom stereocenters. The van der Waals surface area contributed by atoms with Crippen LogP contribution in [0.3, 0.4) is 0 Å². The van der Waals surface area contributed by atoms with Crippen LogP contribution in [0.15, 0.2) is 0 Å². The number of hydrogen-bond donors (Lipinski definition) is 0. The number of carbonyl (C=O) groups excluding carboxylic acids is 1. The van der Waals surface area contributed by atoms with E-state index in [4.69, 9.17) is 18.9 Å². The van der Waals surface area contributed by atoms with Crippen molar-refractivity contribution in [3.8, 4) is 0 Å². The molecule has 0 bridgehead atoms. The average Bonchev–Trinajstić information content (AvgIpc) is 2.75. The molecule has 0 radical (unpaired) electrons. The quantitative estimate of drug-likeness (QED) is 0.172. The minimum absolute atomic E-state index is 0.000470. The molecule has 0 amide bonds. The lowest BCUT2D eigenvalue weighted by molar-refractivity contribution is -0.162. The van der Waals surface area contributed by atoms with Gasteiger partial charge in [0.15, 0.2) is 6.29 Å². The zero-order chi connectivity index (χ0) is 22.6. The van der Waals surface area contributed by atoms with E-state index in [9.17, 15) is 4.79 Å². The van der Waals surface area contributed by atoms with Gasteiger partial charge in [-0.15, -0.1) is 0 Å². The van der Waals surface area contributed by atoms with Gasteiger partial charge in [0.05, 0.1) is 6.61 Å². The first kappa shape index (κ1) is 28.2. The van der Waals surface area contributed by atoms with Crippen molar-refractivity contribution >= 4 is 6.16 Å². The number of ether oxygens (including phenoxy) is 4. The van der Waals surface area contributed by atoms with E-state index < -0.39 is 6.16 Å². The maximum atomic E-state index is 11.9. The lowest BCUT2D eigenvalue weighted by Gasteiger charge is -2.22. The molecule has 0 aromatic heterocycles. The van der Waals surface area contributed by atoms with Gasteiger partial charge in [-0.25, -0.2) is 4.79 Å². The molecule has 6 nitrogen and oxygen atoms in total. The van der Waals surface area contributed by atoms with Crippen molar-refractivity contribution in [3.05, 3.63) is 0 Å². The largest absolute Gasteiger partial charge is 0.508 e. The Hall–Kier alpha value is -0.850. The second-order valence-electron chi connectivity index (χ2n) is 9.07. The molecule has 2 unspecified atom stereocenters. The number of unbranched alkanes of at least 4 members (excludes halogenated alkanes) is 7. The van der Waals surface area contributed by atoms with Gasteiger partial charge in [0.1, 0.15) is 6.10 Å². The first-order valence-corrected chi connectivity index (χ1v) is 12.8. The van der Waals surface area contributed by atoms with Crippen LogP contribution < -0.4 is 0 Å². The number of nitrogens with zero attached hydrogens (tertiary/aromatic N) is 1. The molecule has 1 fully saturated rings. The molecule has 0 aromatic carbocycles. The predicted octanol–water partition coefficient (Wildman–Crippen LogP) is 6.31. The molecule has 1 aliphatic rings. The van der Waals surface area contributed by atoms with Crippen molar-refractivity contribution in [2.24, 2.45) is 0 Å². The second-order valence-corrected chi connectivity index (χ2v) is 9.07. The Kier molecular flexibility index (Phi) is 18.0. The summed E-state index contributed by atoms with van der Waals surface area (Å²) < 4.78 is 22.1. The molecule has 1 heterocycles. The van der Waals surface area contributed by atoms with E-state index in [1.165, 1.54) is 51.4 Å². The van der Waals surface area contributed by atoms with Crippen LogP contribution in [-0.4, -0.2) is 63.9 Å². The van der Waals surface area contributed by atoms with Gasteiger partial charge >= 0.3 is 6.16 Å². The van der Waals surface area contributed by atoms with E-state index in [-0.39, 0.29) is 12.4 Å². The molecule has 1 aliphatic heterocycles. The fraction of sp³-hybridized carbons (Fsp3) is 0.960. The highest BCUT2D eigenvalue weighted by Gasteiger charge is 2.15. The Morgan fingerprint density at radius 3 is 2.29 bits per heavy atom. The molecule has 0 saturated carbocycles. The van der Waals surface area contributed by atoms with E-state index in [1.807, 2.05) is 14.1 Å². The molecule has 0 aliphatic carbocycles. The summed E-state index contributed by atoms with van der Waals surface area (Å²) in [6, 6.07) is 0. The number of rotatable bonds is 19. The van der Waals surface area contributed by atoms with Gasteiger partial charge in [0.2, 0.25) is 0 Å². The summed E-state index contributed by atoms with van der Waals surface area (Å²) in [4.78, 5) is 14.0. The van der Waals surface area contributed by atoms with Crippen molar-refractivity contribution in [2.75, 3.05) is 40.5 Å². The normalized spacial score (nSPS) is 17.6. The van der Waals surface area contributed by atoms with Crippen molar-refractivity contribution < 1.29 is 23.7 Å². The van der Waals surface area contributed by atoms with E-state index in [0.29, 0.717) is 6.61 Å². The third kappa shape index (κ3) is 17.4. The standard InChI is InChI=1S/C25H49NO5/c1-4-16-23(31-25(27)30-22-15-19-26(2)3)17-11-9-7-5-6-8-10-13-20-28-24-18-12-14-21-29-24/h23-24H,4-22H2,1-3H3. The fourth-order valence-corrected chi connectivity index (χ4v) is 3.88. The van der Waals surface area contributed by atoms with Crippen molar-refractivity contribution in [1.29, 1.82) is 0 Å². The monoisotopic (exact) mass is 443 g/mol. The van der Waals surface area contributed by atoms with Crippen LogP contribution in [0.1, 0.15) is 103 Å². The fourth-order valence-electron chi connectivity index (χ4n) is 3.88. The number of carbonyl (C=O) groups is 1. The molecular weight excluding hydrogens is 394 g/mol. The molecule has 31 heavy (non-hydrogen) atoms. The van der Waals surface area contributed by atoms with Gasteiger partial charge in [-0.2, -0.15) is 0 Å². The molecule has 0 N–H and O–H groups in total. The van der Waals surface area contributed by atoms with Gasteiger partial charge in [-0.3, -0.25) is 0 Å². The predicted molar refractivity (Wildman–Crippen MR) is 125 cm³/mol. The molecule has 184 valence electrons. The third-order valence-corrected chi connectivity index (χ3v) is 5.71. The highest BCUT2D eigenvalue weighted by atomic mass is 16.7. The van der Waals surface area contributed by atoms with Crippen LogP contribution in [0, 0.1) is 0 Å². The summed E-state index contributed by atoms with van der Waals surface area (Å²) in [5.74, 6) is 0. The number of hydrogen-bond acceptors (Lipinski definition) is 6. The Morgan fingerprint density at radius 1 is 0.935 bits per heavy atom. The van der Waals surface area contributed by atoms with E-state index in [0.717, 1.165) is 64.7 Å². The van der Waals surface area contributed by atoms with Gasteiger partial charge < -0.3 is 23.8 Å². The second kappa shape index (κ2) is 19.8. The molecular formula is C25H49NO5. The molecule has 6 heteroatoms. The van der Waals surface area contributed by atoms with E-state index in [1.54, 1.807) is 0 Å². The van der Waals surface area contributed by atoms with Crippen LogP contribution in [0.2, 0.25) is 0 Å². The van der Waals surface area contributed by atoms with Gasteiger partial charge in [0.25, 0.3) is 0 Å². The lowest BCUT2D eigenvalue weighted by atomic mass is 10.0. The molecule has 1 saturated heterocycles. The topological polar surface area (TPSA) is 57.2 Å². The summed E-state index contributed by atoms with van der Waals surface area (Å²) in [5, 5.41) is 0. The Bertz CT molecular complexity index is 413. The lowest BCUT2D eigenvalue weighted by Crippen LogP contribution is -2.22. The maximum absolute atomic E-state index is 11.9. The van der Waals surface area contributed by atoms with Crippen LogP contribution in [0.5, 0.6) is 0 Å². The average molecular weight is 444 g/mol. The van der Waals surface area contributed by atoms with Crippen LogP contribution in [0.4, 0.5) is 4.79 Å². The van der Waals surface area contributed by atoms with E-state index >= 15 is 0 Å². The Balaban J connectivity index is 1.92. The first-order chi connectivity index (χ1) is 15.1. The van der Waals surface area contributed by atoms with Crippen molar-refractivity contribution in [2.45, 2.75) is 116 Å². The molecule has 1 rings (SSSR count). The van der Waals surface area contributed by atoms with E-state index in [2.05, 4.69) is 11.8 Å². The summed E-state index contributed by atoms with van der Waals surface area (Å²) in [6.07, 6.45) is 16.6. The third-order valence-electron chi connectivity index (χ3n) is 5.71. The Morgan fingerprint density at radius 2 is 1.65 bits per heavy atom. The smallest absolute Gasteiger partial charge is 0.434 e. The zero-order valence-electron chi connectivity index (χ0n) is 20.6. The first-order valence-electron chi connectivity index (χ1n) is 12.8. The highest BCUT2D eigenvalue weighted by molar-refractivity contribution is 5.60. The van der Waals surface area contributed by atoms with Crippen molar-refractivity contribution in [1.82, 2.24) is 4.90 Å². The van der Waals surface area contributed by atoms with Gasteiger partial charge in [-0.1, -0.05) is 51.9 Å². The minimum atomic E-state index is -0.503.